The minimum Gasteiger partial charge on any atom is -0.351 e. The molecule has 2 aromatic rings. The summed E-state index contributed by atoms with van der Waals surface area (Å²) in [5.41, 5.74) is -1.51. The molecule has 1 aromatic heterocycles. The topological polar surface area (TPSA) is 71.1 Å². The maximum Gasteiger partial charge on any atom is 0.434 e. The molecule has 0 aliphatic rings. The number of thiazole rings is 1. The molecule has 0 radical (unpaired) electrons. The molecule has 0 spiro atoms. The molecule has 0 fully saturated rings. The summed E-state index contributed by atoms with van der Waals surface area (Å²) >= 11 is 0.609. The monoisotopic (exact) mass is 379 g/mol. The van der Waals surface area contributed by atoms with E-state index in [0.29, 0.717) is 17.4 Å². The maximum atomic E-state index is 13.4. The lowest BCUT2D eigenvalue weighted by atomic mass is 10.2. The van der Waals surface area contributed by atoms with Crippen LogP contribution in [0, 0.1) is 11.6 Å². The van der Waals surface area contributed by atoms with Gasteiger partial charge < -0.3 is 10.6 Å². The molecule has 0 atom stereocenters. The van der Waals surface area contributed by atoms with Crippen molar-refractivity contribution < 1.29 is 31.5 Å². The zero-order chi connectivity index (χ0) is 18.6. The van der Waals surface area contributed by atoms with Gasteiger partial charge in [0.15, 0.2) is 10.8 Å². The largest absolute Gasteiger partial charge is 0.434 e. The number of carbonyl (C=O) groups excluding carboxylic acids is 2. The highest BCUT2D eigenvalue weighted by Crippen LogP contribution is 2.31. The fraction of sp³-hybridized carbons (Fsp3) is 0.214. The summed E-state index contributed by atoms with van der Waals surface area (Å²) in [6, 6.07) is 2.40. The second-order valence-corrected chi connectivity index (χ2v) is 5.57. The molecule has 0 bridgehead atoms. The number of hydrogen-bond acceptors (Lipinski definition) is 4. The van der Waals surface area contributed by atoms with Gasteiger partial charge in [-0.05, 0) is 12.1 Å². The molecular weight excluding hydrogens is 369 g/mol. The van der Waals surface area contributed by atoms with Crippen molar-refractivity contribution in [2.45, 2.75) is 12.6 Å². The molecule has 2 N–H and O–H groups in total. The molecular formula is C14H10F5N3O2S. The average Bonchev–Trinajstić information content (AvgIpc) is 2.95. The van der Waals surface area contributed by atoms with Gasteiger partial charge in [0.05, 0.1) is 5.56 Å². The lowest BCUT2D eigenvalue weighted by Crippen LogP contribution is -2.28. The van der Waals surface area contributed by atoms with Crippen LogP contribution in [0.1, 0.15) is 22.5 Å². The third kappa shape index (κ3) is 5.21. The number of nitrogens with one attached hydrogen (secondary N) is 2. The van der Waals surface area contributed by atoms with Crippen LogP contribution in [0.4, 0.5) is 27.1 Å². The number of amides is 2. The maximum absolute atomic E-state index is 13.4. The first kappa shape index (κ1) is 18.8. The van der Waals surface area contributed by atoms with E-state index in [4.69, 9.17) is 0 Å². The zero-order valence-electron chi connectivity index (χ0n) is 12.3. The molecule has 134 valence electrons. The van der Waals surface area contributed by atoms with Gasteiger partial charge in [0.1, 0.15) is 11.6 Å². The van der Waals surface area contributed by atoms with Crippen molar-refractivity contribution in [3.63, 3.8) is 0 Å². The minimum atomic E-state index is -4.60. The Morgan fingerprint density at radius 3 is 2.52 bits per heavy atom. The molecule has 11 heteroatoms. The number of aromatic nitrogens is 1. The molecule has 0 saturated carbocycles. The van der Waals surface area contributed by atoms with Crippen molar-refractivity contribution in [3.8, 4) is 0 Å². The van der Waals surface area contributed by atoms with Gasteiger partial charge in [-0.15, -0.1) is 11.3 Å². The summed E-state index contributed by atoms with van der Waals surface area (Å²) in [6.07, 6.45) is -4.87. The Kier molecular flexibility index (Phi) is 5.67. The predicted molar refractivity (Wildman–Crippen MR) is 79.1 cm³/mol. The Morgan fingerprint density at radius 2 is 1.92 bits per heavy atom. The van der Waals surface area contributed by atoms with Gasteiger partial charge in [-0.1, -0.05) is 0 Å². The highest BCUT2D eigenvalue weighted by molar-refractivity contribution is 7.13. The van der Waals surface area contributed by atoms with E-state index >= 15 is 0 Å². The van der Waals surface area contributed by atoms with Crippen LogP contribution in [-0.4, -0.2) is 23.3 Å². The van der Waals surface area contributed by atoms with Crippen LogP contribution < -0.4 is 10.6 Å². The number of rotatable bonds is 5. The standard InChI is InChI=1S/C14H10F5N3O2S/c15-7-1-2-8(9(16)5-7)12(24)20-4-3-11(23)22-13-21-10(6-25-13)14(17,18)19/h1-2,5-6H,3-4H2,(H,20,24)(H,21,22,23). The van der Waals surface area contributed by atoms with E-state index in [1.807, 2.05) is 0 Å². The number of halogens is 5. The van der Waals surface area contributed by atoms with Crippen LogP contribution in [0.5, 0.6) is 0 Å². The van der Waals surface area contributed by atoms with E-state index in [0.717, 1.165) is 17.5 Å². The number of benzene rings is 1. The van der Waals surface area contributed by atoms with Crippen LogP contribution >= 0.6 is 11.3 Å². The van der Waals surface area contributed by atoms with Gasteiger partial charge in [0.2, 0.25) is 5.91 Å². The molecule has 2 amide bonds. The molecule has 0 unspecified atom stereocenters. The van der Waals surface area contributed by atoms with E-state index in [1.165, 1.54) is 0 Å². The van der Waals surface area contributed by atoms with Crippen molar-refractivity contribution in [2.24, 2.45) is 0 Å². The molecule has 2 rings (SSSR count). The average molecular weight is 379 g/mol. The first-order valence-electron chi connectivity index (χ1n) is 6.72. The van der Waals surface area contributed by atoms with Crippen molar-refractivity contribution in [1.82, 2.24) is 10.3 Å². The summed E-state index contributed by atoms with van der Waals surface area (Å²) in [6.45, 7) is -0.195. The Morgan fingerprint density at radius 1 is 1.20 bits per heavy atom. The van der Waals surface area contributed by atoms with Gasteiger partial charge in [0, 0.05) is 24.4 Å². The quantitative estimate of drug-likeness (QED) is 0.784. The highest BCUT2D eigenvalue weighted by atomic mass is 32.1. The van der Waals surface area contributed by atoms with E-state index in [1.54, 1.807) is 0 Å². The molecule has 0 saturated heterocycles. The zero-order valence-corrected chi connectivity index (χ0v) is 13.1. The number of anilines is 1. The van der Waals surface area contributed by atoms with Crippen molar-refractivity contribution >= 4 is 28.3 Å². The van der Waals surface area contributed by atoms with Crippen LogP contribution in [0.2, 0.25) is 0 Å². The smallest absolute Gasteiger partial charge is 0.351 e. The number of alkyl halides is 3. The first-order valence-corrected chi connectivity index (χ1v) is 7.60. The Balaban J connectivity index is 1.82. The summed E-state index contributed by atoms with van der Waals surface area (Å²) in [5, 5.41) is 4.94. The van der Waals surface area contributed by atoms with Crippen molar-refractivity contribution in [3.05, 3.63) is 46.5 Å². The molecule has 25 heavy (non-hydrogen) atoms. The van der Waals surface area contributed by atoms with Crippen LogP contribution in [0.3, 0.4) is 0 Å². The lowest BCUT2D eigenvalue weighted by molar-refractivity contribution is -0.140. The lowest BCUT2D eigenvalue weighted by Gasteiger charge is -2.06. The van der Waals surface area contributed by atoms with E-state index in [-0.39, 0.29) is 18.1 Å². The van der Waals surface area contributed by atoms with Gasteiger partial charge in [0.25, 0.3) is 5.91 Å². The Bertz CT molecular complexity index is 791. The molecule has 5 nitrogen and oxygen atoms in total. The van der Waals surface area contributed by atoms with Crippen LogP contribution in [0.15, 0.2) is 23.6 Å². The van der Waals surface area contributed by atoms with Crippen LogP contribution in [0.25, 0.3) is 0 Å². The van der Waals surface area contributed by atoms with Gasteiger partial charge in [-0.3, -0.25) is 9.59 Å². The summed E-state index contributed by atoms with van der Waals surface area (Å²) in [4.78, 5) is 26.5. The fourth-order valence-corrected chi connectivity index (χ4v) is 2.43. The summed E-state index contributed by atoms with van der Waals surface area (Å²) < 4.78 is 63.3. The number of hydrogen-bond donors (Lipinski definition) is 2. The molecule has 1 aromatic carbocycles. The van der Waals surface area contributed by atoms with E-state index < -0.39 is 40.9 Å². The molecule has 1 heterocycles. The Labute approximate surface area is 141 Å². The SMILES string of the molecule is O=C(CCNC(=O)c1ccc(F)cc1F)Nc1nc(C(F)(F)F)cs1. The van der Waals surface area contributed by atoms with E-state index in [9.17, 15) is 31.5 Å². The van der Waals surface area contributed by atoms with Crippen LogP contribution in [-0.2, 0) is 11.0 Å². The third-order valence-corrected chi connectivity index (χ3v) is 3.61. The van der Waals surface area contributed by atoms with Crippen molar-refractivity contribution in [1.29, 1.82) is 0 Å². The summed E-state index contributed by atoms with van der Waals surface area (Å²) in [5.74, 6) is -3.42. The Hall–Kier alpha value is -2.56. The van der Waals surface area contributed by atoms with E-state index in [2.05, 4.69) is 15.6 Å². The first-order chi connectivity index (χ1) is 11.7. The molecule has 0 aliphatic carbocycles. The minimum absolute atomic E-state index is 0.195. The molecule has 0 aliphatic heterocycles. The number of carbonyl (C=O) groups is 2. The second-order valence-electron chi connectivity index (χ2n) is 4.71. The normalized spacial score (nSPS) is 11.2. The van der Waals surface area contributed by atoms with Gasteiger partial charge in [-0.2, -0.15) is 13.2 Å². The fourth-order valence-electron chi connectivity index (χ4n) is 1.70. The second kappa shape index (κ2) is 7.55. The summed E-state index contributed by atoms with van der Waals surface area (Å²) in [7, 11) is 0. The highest BCUT2D eigenvalue weighted by Gasteiger charge is 2.33. The number of nitrogens with zero attached hydrogens (tertiary/aromatic N) is 1. The third-order valence-electron chi connectivity index (χ3n) is 2.85. The van der Waals surface area contributed by atoms with Gasteiger partial charge in [-0.25, -0.2) is 13.8 Å². The predicted octanol–water partition coefficient (Wildman–Crippen LogP) is 3.20. The van der Waals surface area contributed by atoms with Gasteiger partial charge >= 0.3 is 6.18 Å². The van der Waals surface area contributed by atoms with Crippen molar-refractivity contribution in [2.75, 3.05) is 11.9 Å².